The second-order valence-electron chi connectivity index (χ2n) is 6.51. The molecule has 0 aliphatic rings. The molecule has 0 saturated carbocycles. The number of hydrogen-bond acceptors (Lipinski definition) is 5. The zero-order valence-electron chi connectivity index (χ0n) is 15.2. The van der Waals surface area contributed by atoms with E-state index in [1.54, 1.807) is 30.1 Å². The van der Waals surface area contributed by atoms with E-state index in [1.165, 1.54) is 0 Å². The normalized spacial score (nSPS) is 11.1. The number of aromatic amines is 1. The summed E-state index contributed by atoms with van der Waals surface area (Å²) in [5.41, 5.74) is 3.43. The average Bonchev–Trinajstić information content (AvgIpc) is 3.37. The number of halogens is 1. The van der Waals surface area contributed by atoms with Crippen molar-refractivity contribution in [2.24, 2.45) is 0 Å². The molecule has 7 nitrogen and oxygen atoms in total. The van der Waals surface area contributed by atoms with Crippen LogP contribution < -0.4 is 5.56 Å². The third-order valence-corrected chi connectivity index (χ3v) is 4.83. The summed E-state index contributed by atoms with van der Waals surface area (Å²) in [6, 6.07) is 9.57. The summed E-state index contributed by atoms with van der Waals surface area (Å²) >= 11 is 5.90. The summed E-state index contributed by atoms with van der Waals surface area (Å²) in [4.78, 5) is 17.1. The first-order valence-corrected chi connectivity index (χ1v) is 9.23. The summed E-state index contributed by atoms with van der Waals surface area (Å²) < 4.78 is 6.88. The van der Waals surface area contributed by atoms with E-state index in [0.29, 0.717) is 28.7 Å². The number of nitrogens with zero attached hydrogens (tertiary/aromatic N) is 4. The van der Waals surface area contributed by atoms with Gasteiger partial charge >= 0.3 is 0 Å². The van der Waals surface area contributed by atoms with Crippen molar-refractivity contribution in [1.82, 2.24) is 24.9 Å². The van der Waals surface area contributed by atoms with Crippen LogP contribution in [0.3, 0.4) is 0 Å². The van der Waals surface area contributed by atoms with Crippen LogP contribution in [0.1, 0.15) is 22.8 Å². The zero-order chi connectivity index (χ0) is 19.5. The lowest BCUT2D eigenvalue weighted by Gasteiger charge is -2.07. The highest BCUT2D eigenvalue weighted by atomic mass is 35.5. The van der Waals surface area contributed by atoms with Crippen LogP contribution in [-0.2, 0) is 19.4 Å². The van der Waals surface area contributed by atoms with E-state index in [9.17, 15) is 4.79 Å². The fourth-order valence-corrected chi connectivity index (χ4v) is 3.16. The average molecular weight is 396 g/mol. The van der Waals surface area contributed by atoms with Crippen molar-refractivity contribution in [3.63, 3.8) is 0 Å². The molecule has 1 N–H and O–H groups in total. The minimum absolute atomic E-state index is 0.0976. The van der Waals surface area contributed by atoms with E-state index in [4.69, 9.17) is 16.1 Å². The molecule has 0 saturated heterocycles. The van der Waals surface area contributed by atoms with E-state index >= 15 is 0 Å². The Hall–Kier alpha value is -3.19. The molecule has 3 aromatic heterocycles. The van der Waals surface area contributed by atoms with Crippen molar-refractivity contribution in [2.45, 2.75) is 26.3 Å². The molecule has 0 unspecified atom stereocenters. The Morgan fingerprint density at radius 1 is 1.18 bits per heavy atom. The Labute approximate surface area is 166 Å². The fourth-order valence-electron chi connectivity index (χ4n) is 3.03. The molecule has 1 aromatic carbocycles. The number of pyridine rings is 1. The van der Waals surface area contributed by atoms with E-state index < -0.39 is 0 Å². The molecule has 28 heavy (non-hydrogen) atoms. The molecule has 0 fully saturated rings. The highest BCUT2D eigenvalue weighted by Gasteiger charge is 2.12. The van der Waals surface area contributed by atoms with Gasteiger partial charge in [0, 0.05) is 35.0 Å². The van der Waals surface area contributed by atoms with Crippen molar-refractivity contribution in [3.05, 3.63) is 87.1 Å². The van der Waals surface area contributed by atoms with Gasteiger partial charge in [-0.3, -0.25) is 9.89 Å². The Balaban J connectivity index is 1.46. The molecule has 4 rings (SSSR count). The van der Waals surface area contributed by atoms with Crippen LogP contribution in [0.2, 0.25) is 5.02 Å². The number of rotatable bonds is 6. The predicted octanol–water partition coefficient (Wildman–Crippen LogP) is 3.42. The Morgan fingerprint density at radius 3 is 2.75 bits per heavy atom. The van der Waals surface area contributed by atoms with E-state index in [-0.39, 0.29) is 12.1 Å². The summed E-state index contributed by atoms with van der Waals surface area (Å²) in [5, 5.41) is 11.4. The fraction of sp³-hybridized carbons (Fsp3) is 0.200. The van der Waals surface area contributed by atoms with Gasteiger partial charge in [-0.15, -0.1) is 0 Å². The first-order chi connectivity index (χ1) is 13.6. The molecule has 0 amide bonds. The molecule has 0 aliphatic carbocycles. The second-order valence-corrected chi connectivity index (χ2v) is 6.94. The highest BCUT2D eigenvalue weighted by molar-refractivity contribution is 6.30. The van der Waals surface area contributed by atoms with Gasteiger partial charge in [0.1, 0.15) is 6.54 Å². The largest absolute Gasteiger partial charge is 0.337 e. The Kier molecular flexibility index (Phi) is 5.08. The Morgan fingerprint density at radius 2 is 2.00 bits per heavy atom. The molecule has 4 aromatic rings. The number of nitrogens with one attached hydrogen (secondary N) is 1. The minimum atomic E-state index is -0.0976. The molecule has 0 bridgehead atoms. The minimum Gasteiger partial charge on any atom is -0.337 e. The number of hydrogen-bond donors (Lipinski definition) is 1. The summed E-state index contributed by atoms with van der Waals surface area (Å²) in [5.74, 6) is 1.02. The highest BCUT2D eigenvalue weighted by Crippen LogP contribution is 2.19. The maximum atomic E-state index is 12.7. The van der Waals surface area contributed by atoms with Crippen molar-refractivity contribution in [3.8, 4) is 11.1 Å². The van der Waals surface area contributed by atoms with Crippen molar-refractivity contribution < 1.29 is 4.52 Å². The van der Waals surface area contributed by atoms with Crippen molar-refractivity contribution in [2.75, 3.05) is 0 Å². The number of H-pyrrole nitrogens is 1. The van der Waals surface area contributed by atoms with E-state index in [1.807, 2.05) is 30.3 Å². The van der Waals surface area contributed by atoms with Crippen LogP contribution in [0, 0.1) is 6.92 Å². The lowest BCUT2D eigenvalue weighted by atomic mass is 10.1. The van der Waals surface area contributed by atoms with Crippen molar-refractivity contribution >= 4 is 11.6 Å². The SMILES string of the molecule is Cc1c(-c2cn[nH]c2)ccn(Cc2nc(CCc3ccc(Cl)cc3)no2)c1=O. The van der Waals surface area contributed by atoms with Crippen LogP contribution in [0.4, 0.5) is 0 Å². The maximum absolute atomic E-state index is 12.7. The van der Waals surface area contributed by atoms with Crippen LogP contribution >= 0.6 is 11.6 Å². The molecular formula is C20H18ClN5O2. The number of aryl methyl sites for hydroxylation is 2. The van der Waals surface area contributed by atoms with Gasteiger partial charge in [0.05, 0.1) is 6.20 Å². The van der Waals surface area contributed by atoms with Gasteiger partial charge in [-0.1, -0.05) is 28.9 Å². The lowest BCUT2D eigenvalue weighted by molar-refractivity contribution is 0.364. The lowest BCUT2D eigenvalue weighted by Crippen LogP contribution is -2.22. The quantitative estimate of drug-likeness (QED) is 0.540. The Bertz CT molecular complexity index is 1130. The molecule has 0 aliphatic heterocycles. The van der Waals surface area contributed by atoms with Gasteiger partial charge in [-0.05, 0) is 42.7 Å². The van der Waals surface area contributed by atoms with Gasteiger partial charge < -0.3 is 9.09 Å². The molecule has 8 heteroatoms. The smallest absolute Gasteiger partial charge is 0.254 e. The standard InChI is InChI=1S/C20H18ClN5O2/c1-13-17(15-10-22-23-11-15)8-9-26(20(13)27)12-19-24-18(25-28-19)7-4-14-2-5-16(21)6-3-14/h2-3,5-6,8-11H,4,7,12H2,1H3,(H,22,23). The van der Waals surface area contributed by atoms with Gasteiger partial charge in [0.25, 0.3) is 5.56 Å². The van der Waals surface area contributed by atoms with E-state index in [2.05, 4.69) is 20.3 Å². The first-order valence-electron chi connectivity index (χ1n) is 8.85. The van der Waals surface area contributed by atoms with Gasteiger partial charge in [0.15, 0.2) is 5.82 Å². The molecule has 0 spiro atoms. The summed E-state index contributed by atoms with van der Waals surface area (Å²) in [6.45, 7) is 2.03. The van der Waals surface area contributed by atoms with Gasteiger partial charge in [-0.25, -0.2) is 0 Å². The summed E-state index contributed by atoms with van der Waals surface area (Å²) in [7, 11) is 0. The number of benzene rings is 1. The zero-order valence-corrected chi connectivity index (χ0v) is 16.0. The molecule has 142 valence electrons. The third-order valence-electron chi connectivity index (χ3n) is 4.58. The monoisotopic (exact) mass is 395 g/mol. The third kappa shape index (κ3) is 3.89. The summed E-state index contributed by atoms with van der Waals surface area (Å²) in [6.07, 6.45) is 6.62. The van der Waals surface area contributed by atoms with Crippen LogP contribution in [-0.4, -0.2) is 24.9 Å². The van der Waals surface area contributed by atoms with Gasteiger partial charge in [0.2, 0.25) is 5.89 Å². The van der Waals surface area contributed by atoms with Crippen molar-refractivity contribution in [1.29, 1.82) is 0 Å². The topological polar surface area (TPSA) is 89.6 Å². The number of aromatic nitrogens is 5. The molecule has 0 atom stereocenters. The van der Waals surface area contributed by atoms with Gasteiger partial charge in [-0.2, -0.15) is 10.1 Å². The van der Waals surface area contributed by atoms with Crippen LogP contribution in [0.25, 0.3) is 11.1 Å². The molecule has 0 radical (unpaired) electrons. The predicted molar refractivity (Wildman–Crippen MR) is 105 cm³/mol. The van der Waals surface area contributed by atoms with Crippen LogP contribution in [0.5, 0.6) is 0 Å². The first kappa shape index (κ1) is 18.2. The van der Waals surface area contributed by atoms with Crippen LogP contribution in [0.15, 0.2) is 58.2 Å². The van der Waals surface area contributed by atoms with E-state index in [0.717, 1.165) is 23.1 Å². The molecular weight excluding hydrogens is 378 g/mol. The second kappa shape index (κ2) is 7.82. The molecule has 3 heterocycles. The maximum Gasteiger partial charge on any atom is 0.254 e.